The van der Waals surface area contributed by atoms with Gasteiger partial charge >= 0.3 is 0 Å². The first-order valence-electron chi connectivity index (χ1n) is 10.6. The molecule has 1 aromatic carbocycles. The topological polar surface area (TPSA) is 79.5 Å². The Balaban J connectivity index is 1.47. The van der Waals surface area contributed by atoms with Gasteiger partial charge in [0.2, 0.25) is 0 Å². The lowest BCUT2D eigenvalue weighted by Gasteiger charge is -2.40. The number of fused-ring (bicyclic) bond motifs is 3. The second-order valence-electron chi connectivity index (χ2n) is 9.62. The summed E-state index contributed by atoms with van der Waals surface area (Å²) in [4.78, 5) is 43.3. The predicted octanol–water partition coefficient (Wildman–Crippen LogP) is 3.19. The highest BCUT2D eigenvalue weighted by Gasteiger charge is 2.45. The number of ketones is 1. The van der Waals surface area contributed by atoms with Gasteiger partial charge in [0.25, 0.3) is 11.5 Å². The number of piperidine rings is 1. The zero-order chi connectivity index (χ0) is 21.1. The van der Waals surface area contributed by atoms with Crippen LogP contribution in [0.1, 0.15) is 70.6 Å². The molecule has 3 aliphatic rings. The van der Waals surface area contributed by atoms with E-state index in [9.17, 15) is 14.4 Å². The number of aromatic nitrogens is 1. The van der Waals surface area contributed by atoms with Crippen molar-refractivity contribution < 1.29 is 14.3 Å². The third kappa shape index (κ3) is 3.01. The first-order valence-corrected chi connectivity index (χ1v) is 10.6. The molecule has 6 heteroatoms. The molecular formula is C24H26N2O4. The number of benzene rings is 1. The summed E-state index contributed by atoms with van der Waals surface area (Å²) < 4.78 is 6.19. The molecule has 1 amide bonds. The lowest BCUT2D eigenvalue weighted by Crippen LogP contribution is -2.49. The second-order valence-corrected chi connectivity index (χ2v) is 9.62. The zero-order valence-corrected chi connectivity index (χ0v) is 17.4. The number of hydrogen-bond donors (Lipinski definition) is 1. The van der Waals surface area contributed by atoms with Crippen LogP contribution in [0.25, 0.3) is 0 Å². The summed E-state index contributed by atoms with van der Waals surface area (Å²) in [5.41, 5.74) is 2.34. The summed E-state index contributed by atoms with van der Waals surface area (Å²) in [5, 5.41) is 0. The largest absolute Gasteiger partial charge is 0.364 e. The molecule has 0 saturated carbocycles. The van der Waals surface area contributed by atoms with Gasteiger partial charge < -0.3 is 14.6 Å². The standard InChI is InChI=1S/C24H26N2O4/c1-23(2)11-19-16(20(27)12-23)10-17(21(28)25-19)22(29)26-9-5-8-24(14-26)18-7-4-3-6-15(18)13-30-24/h3-4,6-7,10H,5,8-9,11-14H2,1-2H3,(H,25,28). The monoisotopic (exact) mass is 406 g/mol. The van der Waals surface area contributed by atoms with Crippen LogP contribution in [0.3, 0.4) is 0 Å². The van der Waals surface area contributed by atoms with Crippen molar-refractivity contribution in [2.24, 2.45) is 5.41 Å². The van der Waals surface area contributed by atoms with Gasteiger partial charge in [0.15, 0.2) is 5.78 Å². The van der Waals surface area contributed by atoms with Gasteiger partial charge in [-0.25, -0.2) is 0 Å². The van der Waals surface area contributed by atoms with Crippen molar-refractivity contribution >= 4 is 11.7 Å². The summed E-state index contributed by atoms with van der Waals surface area (Å²) >= 11 is 0. The minimum absolute atomic E-state index is 0.0188. The van der Waals surface area contributed by atoms with Crippen LogP contribution in [-0.2, 0) is 23.4 Å². The molecule has 1 atom stereocenters. The molecule has 1 N–H and O–H groups in total. The minimum atomic E-state index is -0.509. The number of amides is 1. The van der Waals surface area contributed by atoms with Crippen molar-refractivity contribution in [3.05, 3.63) is 68.6 Å². The fraction of sp³-hybridized carbons (Fsp3) is 0.458. The normalized spacial score (nSPS) is 24.6. The lowest BCUT2D eigenvalue weighted by molar-refractivity contribution is -0.0785. The van der Waals surface area contributed by atoms with Gasteiger partial charge in [0, 0.05) is 24.2 Å². The molecule has 1 fully saturated rings. The molecule has 30 heavy (non-hydrogen) atoms. The number of carbonyl (C=O) groups is 2. The average Bonchev–Trinajstić information content (AvgIpc) is 3.04. The Hall–Kier alpha value is -2.73. The Labute approximate surface area is 175 Å². The number of aromatic amines is 1. The molecule has 6 nitrogen and oxygen atoms in total. The maximum Gasteiger partial charge on any atom is 0.261 e. The van der Waals surface area contributed by atoms with E-state index in [1.165, 1.54) is 6.07 Å². The first-order chi connectivity index (χ1) is 14.3. The summed E-state index contributed by atoms with van der Waals surface area (Å²) in [6.45, 7) is 5.56. The van der Waals surface area contributed by atoms with Crippen LogP contribution < -0.4 is 5.56 Å². The molecular weight excluding hydrogens is 380 g/mol. The minimum Gasteiger partial charge on any atom is -0.364 e. The number of ether oxygens (including phenoxy) is 1. The Morgan fingerprint density at radius 1 is 1.17 bits per heavy atom. The van der Waals surface area contributed by atoms with Gasteiger partial charge in [-0.3, -0.25) is 14.4 Å². The SMILES string of the molecule is CC1(C)CC(=O)c2cc(C(=O)N3CCCC4(C3)OCc3ccccc34)c(=O)[nH]c2C1. The quantitative estimate of drug-likeness (QED) is 0.789. The van der Waals surface area contributed by atoms with Crippen LogP contribution in [0.4, 0.5) is 0 Å². The Morgan fingerprint density at radius 2 is 1.97 bits per heavy atom. The number of pyridine rings is 1. The lowest BCUT2D eigenvalue weighted by atomic mass is 9.75. The summed E-state index contributed by atoms with van der Waals surface area (Å²) in [6, 6.07) is 9.64. The van der Waals surface area contributed by atoms with E-state index in [4.69, 9.17) is 4.74 Å². The molecule has 1 aromatic heterocycles. The number of H-pyrrole nitrogens is 1. The van der Waals surface area contributed by atoms with Crippen LogP contribution >= 0.6 is 0 Å². The van der Waals surface area contributed by atoms with Gasteiger partial charge in [-0.05, 0) is 41.9 Å². The molecule has 0 radical (unpaired) electrons. The summed E-state index contributed by atoms with van der Waals surface area (Å²) in [6.07, 6.45) is 2.68. The third-order valence-corrected chi connectivity index (χ3v) is 6.70. The van der Waals surface area contributed by atoms with Gasteiger partial charge in [0.1, 0.15) is 11.2 Å². The van der Waals surface area contributed by atoms with Gasteiger partial charge in [-0.15, -0.1) is 0 Å². The highest BCUT2D eigenvalue weighted by atomic mass is 16.5. The zero-order valence-electron chi connectivity index (χ0n) is 17.4. The van der Waals surface area contributed by atoms with Crippen LogP contribution in [0.5, 0.6) is 0 Å². The smallest absolute Gasteiger partial charge is 0.261 e. The Morgan fingerprint density at radius 3 is 2.80 bits per heavy atom. The second kappa shape index (κ2) is 6.64. The van der Waals surface area contributed by atoms with Crippen LogP contribution in [-0.4, -0.2) is 34.7 Å². The van der Waals surface area contributed by atoms with E-state index in [0.717, 1.165) is 24.0 Å². The number of rotatable bonds is 1. The van der Waals surface area contributed by atoms with Gasteiger partial charge in [-0.1, -0.05) is 38.1 Å². The Kier molecular flexibility index (Phi) is 4.26. The number of nitrogens with one attached hydrogen (secondary N) is 1. The van der Waals surface area contributed by atoms with Crippen LogP contribution in [0, 0.1) is 5.41 Å². The third-order valence-electron chi connectivity index (χ3n) is 6.70. The van der Waals surface area contributed by atoms with E-state index < -0.39 is 11.2 Å². The number of Topliss-reactive ketones (excluding diaryl/α,β-unsaturated/α-hetero) is 1. The summed E-state index contributed by atoms with van der Waals surface area (Å²) in [5.74, 6) is -0.349. The number of carbonyl (C=O) groups excluding carboxylic acids is 2. The highest BCUT2D eigenvalue weighted by Crippen LogP contribution is 2.43. The van der Waals surface area contributed by atoms with E-state index in [2.05, 4.69) is 17.1 Å². The molecule has 5 rings (SSSR count). The Bertz CT molecular complexity index is 1110. The molecule has 3 heterocycles. The van der Waals surface area contributed by atoms with Crippen molar-refractivity contribution in [1.82, 2.24) is 9.88 Å². The van der Waals surface area contributed by atoms with Crippen LogP contribution in [0.15, 0.2) is 35.1 Å². The number of likely N-dealkylation sites (tertiary alicyclic amines) is 1. The number of hydrogen-bond acceptors (Lipinski definition) is 4. The molecule has 2 aromatic rings. The first kappa shape index (κ1) is 19.2. The molecule has 1 spiro atoms. The van der Waals surface area contributed by atoms with Crippen molar-refractivity contribution in [3.8, 4) is 0 Å². The molecule has 0 bridgehead atoms. The van der Waals surface area contributed by atoms with Crippen molar-refractivity contribution in [3.63, 3.8) is 0 Å². The molecule has 2 aliphatic heterocycles. The van der Waals surface area contributed by atoms with Crippen molar-refractivity contribution in [2.75, 3.05) is 13.1 Å². The summed E-state index contributed by atoms with van der Waals surface area (Å²) in [7, 11) is 0. The van der Waals surface area contributed by atoms with E-state index in [1.54, 1.807) is 4.90 Å². The highest BCUT2D eigenvalue weighted by molar-refractivity contribution is 6.02. The fourth-order valence-electron chi connectivity index (χ4n) is 5.27. The van der Waals surface area contributed by atoms with Crippen LogP contribution in [0.2, 0.25) is 0 Å². The van der Waals surface area contributed by atoms with Crippen molar-refractivity contribution in [1.29, 1.82) is 0 Å². The van der Waals surface area contributed by atoms with Gasteiger partial charge in [0.05, 0.1) is 13.2 Å². The number of nitrogens with zero attached hydrogens (tertiary/aromatic N) is 1. The molecule has 1 unspecified atom stereocenters. The van der Waals surface area contributed by atoms with E-state index in [-0.39, 0.29) is 22.7 Å². The maximum absolute atomic E-state index is 13.3. The maximum atomic E-state index is 13.3. The van der Waals surface area contributed by atoms with E-state index in [0.29, 0.717) is 43.8 Å². The average molecular weight is 406 g/mol. The molecule has 1 saturated heterocycles. The van der Waals surface area contributed by atoms with Gasteiger partial charge in [-0.2, -0.15) is 0 Å². The van der Waals surface area contributed by atoms with E-state index >= 15 is 0 Å². The fourth-order valence-corrected chi connectivity index (χ4v) is 5.27. The van der Waals surface area contributed by atoms with Crippen molar-refractivity contribution in [2.45, 2.75) is 51.7 Å². The predicted molar refractivity (Wildman–Crippen MR) is 112 cm³/mol. The van der Waals surface area contributed by atoms with E-state index in [1.807, 2.05) is 26.0 Å². The molecule has 1 aliphatic carbocycles. The molecule has 156 valence electrons.